The molecule has 2 amide bonds. The van der Waals surface area contributed by atoms with E-state index in [4.69, 9.17) is 19.3 Å². The van der Waals surface area contributed by atoms with Crippen LogP contribution in [0.25, 0.3) is 0 Å². The topological polar surface area (TPSA) is 131 Å². The van der Waals surface area contributed by atoms with Gasteiger partial charge in [-0.25, -0.2) is 4.79 Å². The van der Waals surface area contributed by atoms with E-state index < -0.39 is 24.1 Å². The van der Waals surface area contributed by atoms with Crippen molar-refractivity contribution in [1.29, 1.82) is 0 Å². The number of esters is 1. The van der Waals surface area contributed by atoms with Gasteiger partial charge in [0.05, 0.1) is 18.7 Å². The number of benzene rings is 1. The fourth-order valence-electron chi connectivity index (χ4n) is 3.04. The van der Waals surface area contributed by atoms with Gasteiger partial charge in [0.1, 0.15) is 18.0 Å². The van der Waals surface area contributed by atoms with E-state index in [0.717, 1.165) is 0 Å². The summed E-state index contributed by atoms with van der Waals surface area (Å²) >= 11 is 0. The van der Waals surface area contributed by atoms with Crippen molar-refractivity contribution in [2.45, 2.75) is 94.2 Å². The lowest BCUT2D eigenvalue weighted by molar-refractivity contribution is -0.154. The third kappa shape index (κ3) is 16.9. The largest absolute Gasteiger partial charge is 0.480 e. The molecule has 1 aromatic rings. The molecule has 10 heteroatoms. The summed E-state index contributed by atoms with van der Waals surface area (Å²) in [6.07, 6.45) is 3.89. The zero-order valence-corrected chi connectivity index (χ0v) is 26.6. The third-order valence-corrected chi connectivity index (χ3v) is 4.56. The lowest BCUT2D eigenvalue weighted by Crippen LogP contribution is -2.31. The highest BCUT2D eigenvalue weighted by Crippen LogP contribution is 2.32. The quantitative estimate of drug-likeness (QED) is 0.121. The van der Waals surface area contributed by atoms with E-state index in [2.05, 4.69) is 5.32 Å². The van der Waals surface area contributed by atoms with E-state index in [1.807, 2.05) is 41.5 Å². The maximum absolute atomic E-state index is 12.6. The SMILES string of the molecule is C/C=C\C(Oc1ccc(C(=O)NC(C)C)cc1N(C=O)CCC(=O)OC(C)(C)C)=C(\C)COCC(=O)O.CC.CC. The zero-order valence-electron chi connectivity index (χ0n) is 26.6. The predicted octanol–water partition coefficient (Wildman–Crippen LogP) is 5.90. The number of carbonyl (C=O) groups excluding carboxylic acids is 3. The Morgan fingerprint density at radius 1 is 1.07 bits per heavy atom. The van der Waals surface area contributed by atoms with Crippen LogP contribution < -0.4 is 15.0 Å². The van der Waals surface area contributed by atoms with Gasteiger partial charge in [0, 0.05) is 18.2 Å². The molecule has 0 saturated heterocycles. The Labute approximate surface area is 245 Å². The minimum Gasteiger partial charge on any atom is -0.480 e. The van der Waals surface area contributed by atoms with Crippen molar-refractivity contribution in [2.75, 3.05) is 24.7 Å². The molecule has 0 radical (unpaired) electrons. The molecule has 0 heterocycles. The number of rotatable bonds is 14. The number of ether oxygens (including phenoxy) is 3. The smallest absolute Gasteiger partial charge is 0.329 e. The second-order valence-corrected chi connectivity index (χ2v) is 9.58. The van der Waals surface area contributed by atoms with E-state index >= 15 is 0 Å². The van der Waals surface area contributed by atoms with Crippen LogP contribution in [0.5, 0.6) is 5.75 Å². The first-order valence-electron chi connectivity index (χ1n) is 14.0. The zero-order chi connectivity index (χ0) is 32.2. The molecule has 0 aliphatic rings. The van der Waals surface area contributed by atoms with Gasteiger partial charge in [-0.1, -0.05) is 33.8 Å². The normalized spacial score (nSPS) is 11.3. The number of nitrogens with one attached hydrogen (secondary N) is 1. The fraction of sp³-hybridized carbons (Fsp3) is 0.548. The number of carboxylic acids is 1. The van der Waals surface area contributed by atoms with Crippen LogP contribution in [0.3, 0.4) is 0 Å². The second kappa shape index (κ2) is 21.1. The first-order chi connectivity index (χ1) is 19.3. The standard InChI is InChI=1S/C27H38N2O8.2C2H6/c1-8-9-22(19(4)15-35-16-24(31)32)36-23-11-10-20(26(34)28-18(2)3)14-21(23)29(17-30)13-12-25(33)37-27(5,6)7;2*1-2/h8-11,14,17-18H,12-13,15-16H2,1-7H3,(H,28,34)(H,31,32);2*1-2H3/b9-8-,22-19+;;. The lowest BCUT2D eigenvalue weighted by Gasteiger charge is -2.24. The van der Waals surface area contributed by atoms with E-state index in [0.29, 0.717) is 23.3 Å². The Morgan fingerprint density at radius 3 is 2.17 bits per heavy atom. The number of allylic oxidation sites excluding steroid dienone is 2. The van der Waals surface area contributed by atoms with E-state index in [9.17, 15) is 19.2 Å². The summed E-state index contributed by atoms with van der Waals surface area (Å²) in [4.78, 5) is 49.0. The van der Waals surface area contributed by atoms with Crippen molar-refractivity contribution >= 4 is 29.9 Å². The van der Waals surface area contributed by atoms with Crippen LogP contribution in [0, 0.1) is 0 Å². The van der Waals surface area contributed by atoms with Crippen molar-refractivity contribution in [3.05, 3.63) is 47.2 Å². The van der Waals surface area contributed by atoms with Crippen molar-refractivity contribution in [2.24, 2.45) is 0 Å². The molecule has 10 nitrogen and oxygen atoms in total. The molecular weight excluding hydrogens is 528 g/mol. The Kier molecular flexibility index (Phi) is 20.4. The fourth-order valence-corrected chi connectivity index (χ4v) is 3.04. The summed E-state index contributed by atoms with van der Waals surface area (Å²) in [7, 11) is 0. The number of carbonyl (C=O) groups is 4. The molecule has 2 N–H and O–H groups in total. The second-order valence-electron chi connectivity index (χ2n) is 9.58. The van der Waals surface area contributed by atoms with Gasteiger partial charge in [-0.3, -0.25) is 14.4 Å². The van der Waals surface area contributed by atoms with Gasteiger partial charge in [0.25, 0.3) is 5.91 Å². The first-order valence-corrected chi connectivity index (χ1v) is 14.0. The highest BCUT2D eigenvalue weighted by atomic mass is 16.6. The number of hydrogen-bond donors (Lipinski definition) is 2. The average Bonchev–Trinajstić information content (AvgIpc) is 2.90. The summed E-state index contributed by atoms with van der Waals surface area (Å²) in [5.41, 5.74) is 0.520. The van der Waals surface area contributed by atoms with E-state index in [1.165, 1.54) is 11.0 Å². The Hall–Kier alpha value is -3.66. The number of nitrogens with zero attached hydrogens (tertiary/aromatic N) is 1. The van der Waals surface area contributed by atoms with Gasteiger partial charge in [0.2, 0.25) is 6.41 Å². The molecule has 0 aromatic heterocycles. The van der Waals surface area contributed by atoms with Crippen LogP contribution in [0.15, 0.2) is 41.7 Å². The molecule has 41 heavy (non-hydrogen) atoms. The lowest BCUT2D eigenvalue weighted by atomic mass is 10.1. The Morgan fingerprint density at radius 2 is 1.68 bits per heavy atom. The predicted molar refractivity (Wildman–Crippen MR) is 162 cm³/mol. The van der Waals surface area contributed by atoms with Gasteiger partial charge < -0.3 is 29.5 Å². The number of anilines is 1. The maximum Gasteiger partial charge on any atom is 0.329 e. The van der Waals surface area contributed by atoms with Gasteiger partial charge in [-0.05, 0) is 78.3 Å². The minimum atomic E-state index is -1.09. The summed E-state index contributed by atoms with van der Waals surface area (Å²) in [6, 6.07) is 4.54. The molecule has 0 aliphatic heterocycles. The molecule has 0 bridgehead atoms. The maximum atomic E-state index is 12.6. The average molecular weight is 579 g/mol. The first kappa shape index (κ1) is 39.5. The van der Waals surface area contributed by atoms with Crippen molar-refractivity contribution in [3.8, 4) is 5.75 Å². The molecular formula is C31H50N2O8. The van der Waals surface area contributed by atoms with Crippen LogP contribution in [0.2, 0.25) is 0 Å². The summed E-state index contributed by atoms with van der Waals surface area (Å²) in [5.74, 6) is -1.26. The van der Waals surface area contributed by atoms with Crippen molar-refractivity contribution in [3.63, 3.8) is 0 Å². The number of aliphatic carboxylic acids is 1. The molecule has 0 unspecified atom stereocenters. The van der Waals surface area contributed by atoms with Gasteiger partial charge in [0.15, 0.2) is 5.75 Å². The molecule has 0 spiro atoms. The monoisotopic (exact) mass is 578 g/mol. The molecule has 1 rings (SSSR count). The van der Waals surface area contributed by atoms with Crippen molar-refractivity contribution in [1.82, 2.24) is 5.32 Å². The molecule has 0 fully saturated rings. The molecule has 0 saturated carbocycles. The summed E-state index contributed by atoms with van der Waals surface area (Å²) in [6.45, 7) is 20.0. The van der Waals surface area contributed by atoms with Gasteiger partial charge in [-0.2, -0.15) is 0 Å². The number of carboxylic acid groups (broad SMARTS) is 1. The molecule has 1 aromatic carbocycles. The van der Waals surface area contributed by atoms with Crippen LogP contribution in [-0.2, 0) is 23.9 Å². The molecule has 0 atom stereocenters. The molecule has 232 valence electrons. The Balaban J connectivity index is 0. The minimum absolute atomic E-state index is 0.00617. The van der Waals surface area contributed by atoms with Crippen LogP contribution >= 0.6 is 0 Å². The van der Waals surface area contributed by atoms with E-state index in [-0.39, 0.29) is 43.0 Å². The Bertz CT molecular complexity index is 1020. The van der Waals surface area contributed by atoms with Gasteiger partial charge in [-0.15, -0.1) is 0 Å². The number of amides is 2. The van der Waals surface area contributed by atoms with E-state index in [1.54, 1.807) is 58.9 Å². The highest BCUT2D eigenvalue weighted by molar-refractivity contribution is 5.96. The number of hydrogen-bond acceptors (Lipinski definition) is 7. The van der Waals surface area contributed by atoms with Crippen LogP contribution in [0.4, 0.5) is 5.69 Å². The van der Waals surface area contributed by atoms with Gasteiger partial charge >= 0.3 is 11.9 Å². The van der Waals surface area contributed by atoms with Crippen molar-refractivity contribution < 1.29 is 38.5 Å². The van der Waals surface area contributed by atoms with Crippen LogP contribution in [-0.4, -0.2) is 60.8 Å². The highest BCUT2D eigenvalue weighted by Gasteiger charge is 2.21. The third-order valence-electron chi connectivity index (χ3n) is 4.56. The molecule has 0 aliphatic carbocycles. The van der Waals surface area contributed by atoms with Crippen LogP contribution in [0.1, 0.15) is 92.9 Å². The summed E-state index contributed by atoms with van der Waals surface area (Å²) in [5, 5.41) is 11.6. The summed E-state index contributed by atoms with van der Waals surface area (Å²) < 4.78 is 16.6.